The van der Waals surface area contributed by atoms with E-state index in [1.54, 1.807) is 4.90 Å². The van der Waals surface area contributed by atoms with Gasteiger partial charge in [-0.25, -0.2) is 8.78 Å². The average Bonchev–Trinajstić information content (AvgIpc) is 2.96. The predicted molar refractivity (Wildman–Crippen MR) is 81.3 cm³/mol. The molecule has 1 aromatic carbocycles. The van der Waals surface area contributed by atoms with Crippen LogP contribution in [-0.2, 0) is 9.53 Å². The summed E-state index contributed by atoms with van der Waals surface area (Å²) in [6.07, 6.45) is -0.581. The summed E-state index contributed by atoms with van der Waals surface area (Å²) < 4.78 is 31.9. The minimum atomic E-state index is -0.926. The lowest BCUT2D eigenvalue weighted by Gasteiger charge is -2.34. The Morgan fingerprint density at radius 3 is 2.78 bits per heavy atom. The minimum absolute atomic E-state index is 0. The molecule has 5 nitrogen and oxygen atoms in total. The number of carbonyl (C=O) groups excluding carboxylic acids is 1. The number of nitrogens with zero attached hydrogens (tertiary/aromatic N) is 1. The van der Waals surface area contributed by atoms with Crippen LogP contribution in [0.4, 0.5) is 8.78 Å². The maximum atomic E-state index is 13.3. The van der Waals surface area contributed by atoms with E-state index in [1.807, 2.05) is 0 Å². The summed E-state index contributed by atoms with van der Waals surface area (Å²) in [7, 11) is 0. The van der Waals surface area contributed by atoms with Gasteiger partial charge in [-0.15, -0.1) is 12.4 Å². The van der Waals surface area contributed by atoms with E-state index in [4.69, 9.17) is 4.74 Å². The molecule has 0 radical (unpaired) electrons. The number of aliphatic hydroxyl groups excluding tert-OH is 1. The molecule has 1 aromatic rings. The van der Waals surface area contributed by atoms with E-state index in [0.717, 1.165) is 12.1 Å². The molecule has 0 aromatic heterocycles. The number of morpholine rings is 1. The number of β-amino-alcohol motifs (C(OH)–C–C–N with tert-alkyl or cyclic N) is 1. The molecule has 0 saturated carbocycles. The molecular formula is C15H19ClF2N2O3. The van der Waals surface area contributed by atoms with Crippen molar-refractivity contribution in [2.24, 2.45) is 0 Å². The van der Waals surface area contributed by atoms with Crippen LogP contribution >= 0.6 is 12.4 Å². The molecule has 0 aliphatic carbocycles. The highest BCUT2D eigenvalue weighted by Gasteiger charge is 2.34. The van der Waals surface area contributed by atoms with Crippen LogP contribution in [0.2, 0.25) is 0 Å². The van der Waals surface area contributed by atoms with E-state index in [0.29, 0.717) is 31.7 Å². The number of rotatable bonds is 2. The fourth-order valence-electron chi connectivity index (χ4n) is 2.89. The zero-order valence-electron chi connectivity index (χ0n) is 12.4. The second-order valence-corrected chi connectivity index (χ2v) is 5.67. The monoisotopic (exact) mass is 348 g/mol. The Kier molecular flexibility index (Phi) is 5.91. The Balaban J connectivity index is 0.00000192. The molecule has 3 unspecified atom stereocenters. The van der Waals surface area contributed by atoms with Gasteiger partial charge >= 0.3 is 0 Å². The number of aliphatic hydroxyl groups is 1. The zero-order chi connectivity index (χ0) is 15.7. The quantitative estimate of drug-likeness (QED) is 0.837. The highest BCUT2D eigenvalue weighted by molar-refractivity contribution is 5.85. The van der Waals surface area contributed by atoms with Crippen molar-refractivity contribution in [3.8, 4) is 0 Å². The lowest BCUT2D eigenvalue weighted by atomic mass is 10.1. The van der Waals surface area contributed by atoms with Gasteiger partial charge in [0.2, 0.25) is 5.91 Å². The van der Waals surface area contributed by atoms with Crippen molar-refractivity contribution in [3.63, 3.8) is 0 Å². The van der Waals surface area contributed by atoms with Crippen LogP contribution < -0.4 is 5.32 Å². The molecule has 2 saturated heterocycles. The van der Waals surface area contributed by atoms with Gasteiger partial charge in [0.25, 0.3) is 0 Å². The molecule has 3 rings (SSSR count). The summed E-state index contributed by atoms with van der Waals surface area (Å²) in [5.41, 5.74) is 0.510. The van der Waals surface area contributed by atoms with Crippen LogP contribution in [0.5, 0.6) is 0 Å². The van der Waals surface area contributed by atoms with Crippen LogP contribution in [0.3, 0.4) is 0 Å². The molecule has 2 aliphatic heterocycles. The van der Waals surface area contributed by atoms with E-state index >= 15 is 0 Å². The van der Waals surface area contributed by atoms with Gasteiger partial charge in [0.15, 0.2) is 11.6 Å². The van der Waals surface area contributed by atoms with Gasteiger partial charge in [-0.1, -0.05) is 6.07 Å². The SMILES string of the molecule is Cl.O=C(C1CC(O)CN1)N1CCOC(c2ccc(F)c(F)c2)C1. The predicted octanol–water partition coefficient (Wildman–Crippen LogP) is 1.01. The smallest absolute Gasteiger partial charge is 0.239 e. The van der Waals surface area contributed by atoms with Crippen molar-refractivity contribution in [1.29, 1.82) is 0 Å². The first-order valence-corrected chi connectivity index (χ1v) is 7.31. The average molecular weight is 349 g/mol. The molecule has 2 N–H and O–H groups in total. The normalized spacial score (nSPS) is 27.6. The van der Waals surface area contributed by atoms with Gasteiger partial charge in [0.1, 0.15) is 6.10 Å². The molecule has 2 aliphatic rings. The second-order valence-electron chi connectivity index (χ2n) is 5.67. The van der Waals surface area contributed by atoms with E-state index in [-0.39, 0.29) is 24.9 Å². The summed E-state index contributed by atoms with van der Waals surface area (Å²) in [6, 6.07) is 3.24. The van der Waals surface area contributed by atoms with E-state index in [1.165, 1.54) is 6.07 Å². The lowest BCUT2D eigenvalue weighted by molar-refractivity contribution is -0.141. The number of halogens is 3. The van der Waals surface area contributed by atoms with Crippen molar-refractivity contribution in [1.82, 2.24) is 10.2 Å². The van der Waals surface area contributed by atoms with Crippen LogP contribution in [-0.4, -0.2) is 54.3 Å². The number of hydrogen-bond acceptors (Lipinski definition) is 4. The highest BCUT2D eigenvalue weighted by atomic mass is 35.5. The summed E-state index contributed by atoms with van der Waals surface area (Å²) in [4.78, 5) is 14.1. The molecule has 2 fully saturated rings. The van der Waals surface area contributed by atoms with Crippen molar-refractivity contribution in [3.05, 3.63) is 35.4 Å². The third-order valence-electron chi connectivity index (χ3n) is 4.10. The molecule has 0 bridgehead atoms. The molecule has 8 heteroatoms. The fourth-order valence-corrected chi connectivity index (χ4v) is 2.89. The first kappa shape index (κ1) is 18.1. The third-order valence-corrected chi connectivity index (χ3v) is 4.10. The van der Waals surface area contributed by atoms with Crippen molar-refractivity contribution in [2.45, 2.75) is 24.7 Å². The standard InChI is InChI=1S/C15H18F2N2O3.ClH/c16-11-2-1-9(5-12(11)17)14-8-19(3-4-22-14)15(21)13-6-10(20)7-18-13;/h1-2,5,10,13-14,18,20H,3-4,6-8H2;1H. The lowest BCUT2D eigenvalue weighted by Crippen LogP contribution is -2.49. The minimum Gasteiger partial charge on any atom is -0.392 e. The van der Waals surface area contributed by atoms with Gasteiger partial charge in [-0.3, -0.25) is 4.79 Å². The summed E-state index contributed by atoms with van der Waals surface area (Å²) in [5, 5.41) is 12.5. The van der Waals surface area contributed by atoms with Crippen LogP contribution in [0, 0.1) is 11.6 Å². The van der Waals surface area contributed by atoms with Gasteiger partial charge in [0.05, 0.1) is 25.3 Å². The molecular weight excluding hydrogens is 330 g/mol. The summed E-state index contributed by atoms with van der Waals surface area (Å²) in [6.45, 7) is 1.49. The molecule has 0 spiro atoms. The maximum absolute atomic E-state index is 13.3. The molecule has 3 atom stereocenters. The van der Waals surface area contributed by atoms with Gasteiger partial charge in [0, 0.05) is 13.1 Å². The fraction of sp³-hybridized carbons (Fsp3) is 0.533. The highest BCUT2D eigenvalue weighted by Crippen LogP contribution is 2.24. The molecule has 1 amide bonds. The Morgan fingerprint density at radius 2 is 2.13 bits per heavy atom. The number of benzene rings is 1. The Morgan fingerprint density at radius 1 is 1.35 bits per heavy atom. The van der Waals surface area contributed by atoms with E-state index in [2.05, 4.69) is 5.32 Å². The van der Waals surface area contributed by atoms with Gasteiger partial charge in [-0.05, 0) is 24.1 Å². The van der Waals surface area contributed by atoms with Crippen LogP contribution in [0.15, 0.2) is 18.2 Å². The summed E-state index contributed by atoms with van der Waals surface area (Å²) >= 11 is 0. The Hall–Kier alpha value is -1.28. The van der Waals surface area contributed by atoms with E-state index < -0.39 is 29.9 Å². The molecule has 23 heavy (non-hydrogen) atoms. The number of ether oxygens (including phenoxy) is 1. The third kappa shape index (κ3) is 3.98. The van der Waals surface area contributed by atoms with Crippen LogP contribution in [0.25, 0.3) is 0 Å². The molecule has 128 valence electrons. The van der Waals surface area contributed by atoms with Gasteiger partial charge in [-0.2, -0.15) is 0 Å². The summed E-state index contributed by atoms with van der Waals surface area (Å²) in [5.74, 6) is -1.92. The first-order valence-electron chi connectivity index (χ1n) is 7.31. The Labute approximate surface area is 139 Å². The number of hydrogen-bond donors (Lipinski definition) is 2. The topological polar surface area (TPSA) is 61.8 Å². The molecule has 2 heterocycles. The van der Waals surface area contributed by atoms with Crippen molar-refractivity contribution >= 4 is 18.3 Å². The van der Waals surface area contributed by atoms with E-state index in [9.17, 15) is 18.7 Å². The first-order chi connectivity index (χ1) is 10.5. The maximum Gasteiger partial charge on any atom is 0.239 e. The Bertz CT molecular complexity index is 576. The van der Waals surface area contributed by atoms with Crippen molar-refractivity contribution in [2.75, 3.05) is 26.2 Å². The largest absolute Gasteiger partial charge is 0.392 e. The number of carbonyl (C=O) groups is 1. The zero-order valence-corrected chi connectivity index (χ0v) is 13.2. The second kappa shape index (κ2) is 7.53. The van der Waals surface area contributed by atoms with Crippen LogP contribution in [0.1, 0.15) is 18.1 Å². The number of nitrogens with one attached hydrogen (secondary N) is 1. The van der Waals surface area contributed by atoms with Gasteiger partial charge < -0.3 is 20.1 Å². The number of amides is 1. The van der Waals surface area contributed by atoms with Crippen molar-refractivity contribution < 1.29 is 23.4 Å².